The van der Waals surface area contributed by atoms with Gasteiger partial charge in [-0.05, 0) is 31.5 Å². The fourth-order valence-electron chi connectivity index (χ4n) is 2.09. The van der Waals surface area contributed by atoms with Crippen LogP contribution >= 0.6 is 11.3 Å². The molecule has 0 aliphatic rings. The van der Waals surface area contributed by atoms with Gasteiger partial charge in [0.2, 0.25) is 4.96 Å². The Hall–Kier alpha value is -2.41. The summed E-state index contributed by atoms with van der Waals surface area (Å²) >= 11 is 1.55. The van der Waals surface area contributed by atoms with Crippen LogP contribution in [0.1, 0.15) is 23.1 Å². The van der Waals surface area contributed by atoms with E-state index in [-0.39, 0.29) is 0 Å². The molecule has 0 bridgehead atoms. The zero-order chi connectivity index (χ0) is 15.5. The van der Waals surface area contributed by atoms with Gasteiger partial charge in [-0.25, -0.2) is 9.50 Å². The predicted molar refractivity (Wildman–Crippen MR) is 85.6 cm³/mol. The highest BCUT2D eigenvalue weighted by molar-refractivity contribution is 7.19. The lowest BCUT2D eigenvalue weighted by molar-refractivity contribution is 0.130. The van der Waals surface area contributed by atoms with Crippen molar-refractivity contribution in [3.8, 4) is 5.75 Å². The Morgan fingerprint density at radius 2 is 2.09 bits per heavy atom. The number of fused-ring (bicyclic) bond motifs is 1. The van der Waals surface area contributed by atoms with Gasteiger partial charge < -0.3 is 9.57 Å². The number of thiazole rings is 1. The Bertz CT molecular complexity index is 805. The first-order valence-corrected chi connectivity index (χ1v) is 7.59. The van der Waals surface area contributed by atoms with Gasteiger partial charge in [0.1, 0.15) is 18.7 Å². The summed E-state index contributed by atoms with van der Waals surface area (Å²) in [5.74, 6) is 0.827. The minimum atomic E-state index is 0.418. The Morgan fingerprint density at radius 1 is 1.32 bits per heavy atom. The predicted octanol–water partition coefficient (Wildman–Crippen LogP) is 3.05. The first-order chi connectivity index (χ1) is 10.7. The summed E-state index contributed by atoms with van der Waals surface area (Å²) in [5.41, 5.74) is 2.88. The Balaban J connectivity index is 1.68. The molecular weight excluding hydrogens is 300 g/mol. The topological polar surface area (TPSA) is 61.0 Å². The molecule has 0 radical (unpaired) electrons. The van der Waals surface area contributed by atoms with Crippen LogP contribution in [0, 0.1) is 6.92 Å². The first-order valence-electron chi connectivity index (χ1n) is 6.78. The van der Waals surface area contributed by atoms with Crippen LogP contribution < -0.4 is 4.74 Å². The highest BCUT2D eigenvalue weighted by Gasteiger charge is 2.12. The van der Waals surface area contributed by atoms with E-state index in [4.69, 9.17) is 9.57 Å². The highest BCUT2D eigenvalue weighted by atomic mass is 32.1. The van der Waals surface area contributed by atoms with Gasteiger partial charge >= 0.3 is 0 Å². The molecule has 2 heterocycles. The molecule has 0 saturated heterocycles. The molecule has 1 aromatic carbocycles. The minimum absolute atomic E-state index is 0.418. The minimum Gasteiger partial charge on any atom is -0.497 e. The highest BCUT2D eigenvalue weighted by Crippen LogP contribution is 2.21. The fourth-order valence-corrected chi connectivity index (χ4v) is 3.07. The van der Waals surface area contributed by atoms with Crippen molar-refractivity contribution >= 4 is 22.0 Å². The molecule has 0 atom stereocenters. The van der Waals surface area contributed by atoms with Crippen LogP contribution in [0.5, 0.6) is 5.75 Å². The van der Waals surface area contributed by atoms with Crippen LogP contribution in [-0.2, 0) is 11.4 Å². The molecule has 2 aromatic heterocycles. The van der Waals surface area contributed by atoms with Gasteiger partial charge in [0, 0.05) is 0 Å². The fraction of sp³-hybridized carbons (Fsp3) is 0.267. The summed E-state index contributed by atoms with van der Waals surface area (Å²) in [6, 6.07) is 7.72. The van der Waals surface area contributed by atoms with Crippen molar-refractivity contribution in [2.75, 3.05) is 7.11 Å². The average molecular weight is 316 g/mol. The van der Waals surface area contributed by atoms with Crippen molar-refractivity contribution in [1.82, 2.24) is 14.6 Å². The number of aromatic nitrogens is 3. The van der Waals surface area contributed by atoms with E-state index >= 15 is 0 Å². The molecule has 3 aromatic rings. The largest absolute Gasteiger partial charge is 0.497 e. The number of hydrogen-bond acceptors (Lipinski definition) is 6. The van der Waals surface area contributed by atoms with E-state index in [1.54, 1.807) is 24.8 Å². The van der Waals surface area contributed by atoms with E-state index in [2.05, 4.69) is 15.2 Å². The second-order valence-electron chi connectivity index (χ2n) is 4.77. The van der Waals surface area contributed by atoms with Crippen LogP contribution in [-0.4, -0.2) is 27.4 Å². The van der Waals surface area contributed by atoms with E-state index in [0.717, 1.165) is 32.6 Å². The molecule has 22 heavy (non-hydrogen) atoms. The second-order valence-corrected chi connectivity index (χ2v) is 5.75. The molecule has 0 spiro atoms. The van der Waals surface area contributed by atoms with E-state index in [1.807, 2.05) is 42.6 Å². The lowest BCUT2D eigenvalue weighted by atomic mass is 10.2. The summed E-state index contributed by atoms with van der Waals surface area (Å²) in [6.45, 7) is 4.34. The summed E-state index contributed by atoms with van der Waals surface area (Å²) in [4.78, 5) is 11.5. The molecule has 0 fully saturated rings. The van der Waals surface area contributed by atoms with Crippen LogP contribution in [0.25, 0.3) is 4.96 Å². The molecule has 0 amide bonds. The molecule has 0 unspecified atom stereocenters. The lowest BCUT2D eigenvalue weighted by Gasteiger charge is -2.03. The van der Waals surface area contributed by atoms with Crippen molar-refractivity contribution in [1.29, 1.82) is 0 Å². The third-order valence-electron chi connectivity index (χ3n) is 3.28. The molecule has 114 valence electrons. The monoisotopic (exact) mass is 316 g/mol. The van der Waals surface area contributed by atoms with Gasteiger partial charge in [-0.3, -0.25) is 0 Å². The first kappa shape index (κ1) is 14.5. The standard InChI is InChI=1S/C15H16N4O2S/c1-10(14-11(2)19-15(22-14)16-9-17-19)18-21-8-12-4-6-13(20-3)7-5-12/h4-7,9H,8H2,1-3H3. The molecule has 7 heteroatoms. The van der Waals surface area contributed by atoms with E-state index < -0.39 is 0 Å². The summed E-state index contributed by atoms with van der Waals surface area (Å²) < 4.78 is 6.93. The van der Waals surface area contributed by atoms with Crippen molar-refractivity contribution in [2.45, 2.75) is 20.5 Å². The maximum Gasteiger partial charge on any atom is 0.212 e. The van der Waals surface area contributed by atoms with Gasteiger partial charge in [0.05, 0.1) is 23.4 Å². The zero-order valence-electron chi connectivity index (χ0n) is 12.6. The number of hydrogen-bond donors (Lipinski definition) is 0. The molecule has 0 aliphatic heterocycles. The number of nitrogens with zero attached hydrogens (tertiary/aromatic N) is 4. The Kier molecular flexibility index (Phi) is 4.06. The summed E-state index contributed by atoms with van der Waals surface area (Å²) in [6.07, 6.45) is 1.55. The van der Waals surface area contributed by atoms with Gasteiger partial charge in [-0.2, -0.15) is 5.10 Å². The molecule has 3 rings (SSSR count). The number of benzene rings is 1. The van der Waals surface area contributed by atoms with E-state index in [9.17, 15) is 0 Å². The van der Waals surface area contributed by atoms with Crippen molar-refractivity contribution < 1.29 is 9.57 Å². The van der Waals surface area contributed by atoms with Gasteiger partial charge in [0.25, 0.3) is 0 Å². The Labute approximate surface area is 132 Å². The van der Waals surface area contributed by atoms with E-state index in [1.165, 1.54) is 0 Å². The van der Waals surface area contributed by atoms with Crippen LogP contribution in [0.3, 0.4) is 0 Å². The molecule has 0 aliphatic carbocycles. The van der Waals surface area contributed by atoms with Crippen LogP contribution in [0.2, 0.25) is 0 Å². The van der Waals surface area contributed by atoms with Crippen molar-refractivity contribution in [3.63, 3.8) is 0 Å². The van der Waals surface area contributed by atoms with Gasteiger partial charge in [-0.1, -0.05) is 28.6 Å². The third-order valence-corrected chi connectivity index (χ3v) is 4.53. The van der Waals surface area contributed by atoms with Crippen LogP contribution in [0.4, 0.5) is 0 Å². The maximum atomic E-state index is 5.44. The zero-order valence-corrected chi connectivity index (χ0v) is 13.4. The summed E-state index contributed by atoms with van der Waals surface area (Å²) in [7, 11) is 1.65. The molecule has 0 saturated carbocycles. The average Bonchev–Trinajstić information content (AvgIpc) is 3.11. The smallest absolute Gasteiger partial charge is 0.212 e. The van der Waals surface area contributed by atoms with Gasteiger partial charge in [0.15, 0.2) is 0 Å². The second kappa shape index (κ2) is 6.15. The number of aryl methyl sites for hydroxylation is 1. The van der Waals surface area contributed by atoms with Crippen LogP contribution in [0.15, 0.2) is 35.7 Å². The number of methoxy groups -OCH3 is 1. The SMILES string of the molecule is COc1ccc(CON=C(C)c2sc3ncnn3c2C)cc1. The lowest BCUT2D eigenvalue weighted by Crippen LogP contribution is -1.98. The molecular formula is C15H16N4O2S. The summed E-state index contributed by atoms with van der Waals surface area (Å²) in [5, 5.41) is 8.37. The Morgan fingerprint density at radius 3 is 2.77 bits per heavy atom. The third kappa shape index (κ3) is 2.80. The van der Waals surface area contributed by atoms with Crippen molar-refractivity contribution in [3.05, 3.63) is 46.7 Å². The number of rotatable bonds is 5. The maximum absolute atomic E-state index is 5.44. The molecule has 6 nitrogen and oxygen atoms in total. The number of ether oxygens (including phenoxy) is 1. The molecule has 0 N–H and O–H groups in total. The normalized spacial score (nSPS) is 11.9. The van der Waals surface area contributed by atoms with Gasteiger partial charge in [-0.15, -0.1) is 0 Å². The quantitative estimate of drug-likeness (QED) is 0.536. The van der Waals surface area contributed by atoms with Crippen molar-refractivity contribution in [2.24, 2.45) is 5.16 Å². The number of oxime groups is 1. The van der Waals surface area contributed by atoms with E-state index in [0.29, 0.717) is 6.61 Å².